The van der Waals surface area contributed by atoms with E-state index in [0.29, 0.717) is 18.9 Å². The number of carbonyl (C=O) groups excluding carboxylic acids is 1. The molecule has 6 heteroatoms. The Kier molecular flexibility index (Phi) is 4.18. The van der Waals surface area contributed by atoms with Crippen LogP contribution in [0, 0.1) is 0 Å². The molecule has 0 aromatic rings. The Morgan fingerprint density at radius 1 is 1.19 bits per heavy atom. The molecule has 0 aromatic carbocycles. The minimum atomic E-state index is -4.77. The van der Waals surface area contributed by atoms with Gasteiger partial charge in [0.1, 0.15) is 0 Å². The number of carbonyl (C=O) groups is 1. The van der Waals surface area contributed by atoms with Gasteiger partial charge in [-0.3, -0.25) is 4.79 Å². The van der Waals surface area contributed by atoms with E-state index in [-0.39, 0.29) is 6.04 Å². The molecule has 1 rings (SSSR count). The SMILES string of the molecule is CN(C)C1CCC(NC(=O)C(F)(F)F)CC1. The first-order valence-corrected chi connectivity index (χ1v) is 5.35. The van der Waals surface area contributed by atoms with Crippen LogP contribution in [-0.2, 0) is 4.79 Å². The molecule has 1 saturated carbocycles. The standard InChI is InChI=1S/C10H17F3N2O/c1-15(2)8-5-3-7(4-6-8)14-9(16)10(11,12)13/h7-8H,3-6H2,1-2H3,(H,14,16). The largest absolute Gasteiger partial charge is 0.471 e. The fraction of sp³-hybridized carbons (Fsp3) is 0.900. The molecule has 94 valence electrons. The van der Waals surface area contributed by atoms with E-state index in [4.69, 9.17) is 0 Å². The van der Waals surface area contributed by atoms with E-state index in [1.165, 1.54) is 0 Å². The number of hydrogen-bond acceptors (Lipinski definition) is 2. The van der Waals surface area contributed by atoms with Crippen molar-refractivity contribution in [3.8, 4) is 0 Å². The number of rotatable bonds is 2. The Morgan fingerprint density at radius 2 is 1.69 bits per heavy atom. The van der Waals surface area contributed by atoms with Crippen LogP contribution in [0.15, 0.2) is 0 Å². The molecule has 0 unspecified atom stereocenters. The summed E-state index contributed by atoms with van der Waals surface area (Å²) in [6.07, 6.45) is -1.88. The summed E-state index contributed by atoms with van der Waals surface area (Å²) < 4.78 is 36.0. The van der Waals surface area contributed by atoms with Crippen LogP contribution < -0.4 is 5.32 Å². The molecule has 0 spiro atoms. The van der Waals surface area contributed by atoms with Gasteiger partial charge in [-0.15, -0.1) is 0 Å². The monoisotopic (exact) mass is 238 g/mol. The highest BCUT2D eigenvalue weighted by Crippen LogP contribution is 2.23. The second-order valence-electron chi connectivity index (χ2n) is 4.44. The minimum absolute atomic E-state index is 0.328. The van der Waals surface area contributed by atoms with E-state index < -0.39 is 12.1 Å². The zero-order valence-electron chi connectivity index (χ0n) is 9.47. The van der Waals surface area contributed by atoms with Crippen molar-refractivity contribution >= 4 is 5.91 Å². The average molecular weight is 238 g/mol. The zero-order chi connectivity index (χ0) is 12.3. The summed E-state index contributed by atoms with van der Waals surface area (Å²) in [7, 11) is 3.92. The lowest BCUT2D eigenvalue weighted by Crippen LogP contribution is -2.46. The smallest absolute Gasteiger partial charge is 0.346 e. The van der Waals surface area contributed by atoms with E-state index in [1.807, 2.05) is 19.4 Å². The summed E-state index contributed by atoms with van der Waals surface area (Å²) in [6.45, 7) is 0. The maximum atomic E-state index is 12.0. The highest BCUT2D eigenvalue weighted by atomic mass is 19.4. The number of halogens is 3. The third-order valence-corrected chi connectivity index (χ3v) is 3.02. The van der Waals surface area contributed by atoms with Crippen molar-refractivity contribution in [2.45, 2.75) is 43.9 Å². The first kappa shape index (κ1) is 13.3. The summed E-state index contributed by atoms with van der Waals surface area (Å²) in [5, 5.41) is 2.04. The lowest BCUT2D eigenvalue weighted by atomic mass is 9.90. The van der Waals surface area contributed by atoms with Gasteiger partial charge in [0.25, 0.3) is 0 Å². The maximum Gasteiger partial charge on any atom is 0.471 e. The second kappa shape index (κ2) is 5.03. The molecular weight excluding hydrogens is 221 g/mol. The van der Waals surface area contributed by atoms with Crippen molar-refractivity contribution in [3.05, 3.63) is 0 Å². The maximum absolute atomic E-state index is 12.0. The molecular formula is C10H17F3N2O. The molecule has 0 heterocycles. The third kappa shape index (κ3) is 3.66. The molecule has 1 N–H and O–H groups in total. The van der Waals surface area contributed by atoms with E-state index in [2.05, 4.69) is 4.90 Å². The van der Waals surface area contributed by atoms with Crippen molar-refractivity contribution < 1.29 is 18.0 Å². The zero-order valence-corrected chi connectivity index (χ0v) is 9.47. The van der Waals surface area contributed by atoms with Gasteiger partial charge in [-0.2, -0.15) is 13.2 Å². The molecule has 1 aliphatic carbocycles. The van der Waals surface area contributed by atoms with Crippen molar-refractivity contribution in [2.24, 2.45) is 0 Å². The van der Waals surface area contributed by atoms with Crippen molar-refractivity contribution in [3.63, 3.8) is 0 Å². The van der Waals surface area contributed by atoms with Gasteiger partial charge in [0.15, 0.2) is 0 Å². The Morgan fingerprint density at radius 3 is 2.06 bits per heavy atom. The Bertz CT molecular complexity index is 245. The van der Waals surface area contributed by atoms with Crippen LogP contribution in [-0.4, -0.2) is 43.2 Å². The van der Waals surface area contributed by atoms with Crippen molar-refractivity contribution in [1.29, 1.82) is 0 Å². The fourth-order valence-electron chi connectivity index (χ4n) is 2.00. The predicted molar refractivity (Wildman–Crippen MR) is 53.9 cm³/mol. The van der Waals surface area contributed by atoms with Crippen molar-refractivity contribution in [1.82, 2.24) is 10.2 Å². The minimum Gasteiger partial charge on any atom is -0.346 e. The Balaban J connectivity index is 2.35. The number of amides is 1. The molecule has 16 heavy (non-hydrogen) atoms. The van der Waals surface area contributed by atoms with Gasteiger partial charge in [-0.05, 0) is 39.8 Å². The number of alkyl halides is 3. The second-order valence-corrected chi connectivity index (χ2v) is 4.44. The first-order valence-electron chi connectivity index (χ1n) is 5.35. The van der Waals surface area contributed by atoms with E-state index in [0.717, 1.165) is 12.8 Å². The van der Waals surface area contributed by atoms with Crippen LogP contribution in [0.5, 0.6) is 0 Å². The molecule has 1 aliphatic rings. The third-order valence-electron chi connectivity index (χ3n) is 3.02. The molecule has 0 atom stereocenters. The van der Waals surface area contributed by atoms with Gasteiger partial charge < -0.3 is 10.2 Å². The highest BCUT2D eigenvalue weighted by Gasteiger charge is 2.40. The normalized spacial score (nSPS) is 26.9. The van der Waals surface area contributed by atoms with Crippen LogP contribution in [0.1, 0.15) is 25.7 Å². The van der Waals surface area contributed by atoms with Crippen LogP contribution in [0.3, 0.4) is 0 Å². The van der Waals surface area contributed by atoms with Gasteiger partial charge >= 0.3 is 12.1 Å². The first-order chi connectivity index (χ1) is 7.30. The summed E-state index contributed by atoms with van der Waals surface area (Å²) in [4.78, 5) is 12.8. The predicted octanol–water partition coefficient (Wildman–Crippen LogP) is 1.54. The van der Waals surface area contributed by atoms with Crippen LogP contribution in [0.2, 0.25) is 0 Å². The van der Waals surface area contributed by atoms with E-state index >= 15 is 0 Å². The van der Waals surface area contributed by atoms with E-state index in [9.17, 15) is 18.0 Å². The van der Waals surface area contributed by atoms with Crippen LogP contribution in [0.4, 0.5) is 13.2 Å². The highest BCUT2D eigenvalue weighted by molar-refractivity contribution is 5.81. The number of nitrogens with zero attached hydrogens (tertiary/aromatic N) is 1. The molecule has 0 aliphatic heterocycles. The molecule has 0 saturated heterocycles. The average Bonchev–Trinajstić information content (AvgIpc) is 2.17. The molecule has 0 radical (unpaired) electrons. The molecule has 0 bridgehead atoms. The fourth-order valence-corrected chi connectivity index (χ4v) is 2.00. The van der Waals surface area contributed by atoms with Gasteiger partial charge in [0, 0.05) is 12.1 Å². The summed E-state index contributed by atoms with van der Waals surface area (Å²) in [5.41, 5.74) is 0. The van der Waals surface area contributed by atoms with Gasteiger partial charge in [0.2, 0.25) is 0 Å². The van der Waals surface area contributed by atoms with Gasteiger partial charge in [-0.1, -0.05) is 0 Å². The summed E-state index contributed by atoms with van der Waals surface area (Å²) >= 11 is 0. The lowest BCUT2D eigenvalue weighted by molar-refractivity contribution is -0.174. The van der Waals surface area contributed by atoms with Gasteiger partial charge in [-0.25, -0.2) is 0 Å². The topological polar surface area (TPSA) is 32.3 Å². The summed E-state index contributed by atoms with van der Waals surface area (Å²) in [5.74, 6) is -1.82. The summed E-state index contributed by atoms with van der Waals surface area (Å²) in [6, 6.07) is 0.0874. The number of nitrogens with one attached hydrogen (secondary N) is 1. The molecule has 1 amide bonds. The van der Waals surface area contributed by atoms with E-state index in [1.54, 1.807) is 0 Å². The Labute approximate surface area is 93.0 Å². The molecule has 0 aromatic heterocycles. The van der Waals surface area contributed by atoms with Crippen molar-refractivity contribution in [2.75, 3.05) is 14.1 Å². The Hall–Kier alpha value is -0.780. The van der Waals surface area contributed by atoms with Crippen LogP contribution >= 0.6 is 0 Å². The lowest BCUT2D eigenvalue weighted by Gasteiger charge is -2.33. The van der Waals surface area contributed by atoms with Gasteiger partial charge in [0.05, 0.1) is 0 Å². The molecule has 3 nitrogen and oxygen atoms in total. The number of hydrogen-bond donors (Lipinski definition) is 1. The van der Waals surface area contributed by atoms with Crippen LogP contribution in [0.25, 0.3) is 0 Å². The quantitative estimate of drug-likeness (QED) is 0.791. The molecule has 1 fully saturated rings.